The van der Waals surface area contributed by atoms with Gasteiger partial charge < -0.3 is 5.32 Å². The molecule has 1 N–H and O–H groups in total. The van der Waals surface area contributed by atoms with Crippen LogP contribution < -0.4 is 5.32 Å². The standard InChI is InChI=1S/C17H12ClFN6/c1-10-5-15(22-9-21-10)24-16-6-14-11(7-20-16)8-23-25(14)17-12(18)3-2-4-13(17)19/h2-9H,1H3,(H,20,21,22,24). The Bertz CT molecular complexity index is 1060. The van der Waals surface area contributed by atoms with Gasteiger partial charge >= 0.3 is 0 Å². The van der Waals surface area contributed by atoms with Crippen LogP contribution in [0.15, 0.2) is 49.1 Å². The van der Waals surface area contributed by atoms with Gasteiger partial charge in [-0.05, 0) is 19.1 Å². The second-order valence-electron chi connectivity index (χ2n) is 5.42. The minimum Gasteiger partial charge on any atom is -0.325 e. The summed E-state index contributed by atoms with van der Waals surface area (Å²) in [6, 6.07) is 8.09. The van der Waals surface area contributed by atoms with E-state index in [1.165, 1.54) is 17.1 Å². The number of aromatic nitrogens is 5. The van der Waals surface area contributed by atoms with Crippen LogP contribution in [0.2, 0.25) is 5.02 Å². The molecule has 8 heteroatoms. The molecule has 0 radical (unpaired) electrons. The topological polar surface area (TPSA) is 68.5 Å². The maximum Gasteiger partial charge on any atom is 0.150 e. The summed E-state index contributed by atoms with van der Waals surface area (Å²) in [6.45, 7) is 1.87. The minimum atomic E-state index is -0.449. The van der Waals surface area contributed by atoms with Gasteiger partial charge in [0.25, 0.3) is 0 Å². The lowest BCUT2D eigenvalue weighted by atomic mass is 10.3. The Morgan fingerprint density at radius 2 is 1.92 bits per heavy atom. The normalized spacial score (nSPS) is 11.0. The monoisotopic (exact) mass is 354 g/mol. The highest BCUT2D eigenvalue weighted by atomic mass is 35.5. The number of anilines is 2. The fourth-order valence-corrected chi connectivity index (χ4v) is 2.76. The predicted octanol–water partition coefficient (Wildman–Crippen LogP) is 4.06. The van der Waals surface area contributed by atoms with Crippen LogP contribution in [0.3, 0.4) is 0 Å². The molecule has 6 nitrogen and oxygen atoms in total. The fraction of sp³-hybridized carbons (Fsp3) is 0.0588. The first-order chi connectivity index (χ1) is 12.1. The van der Waals surface area contributed by atoms with Crippen LogP contribution in [-0.2, 0) is 0 Å². The molecular weight excluding hydrogens is 343 g/mol. The molecule has 3 aromatic heterocycles. The molecule has 4 rings (SSSR count). The van der Waals surface area contributed by atoms with E-state index in [2.05, 4.69) is 25.4 Å². The molecule has 0 amide bonds. The summed E-state index contributed by atoms with van der Waals surface area (Å²) in [6.07, 6.45) is 4.74. The third-order valence-corrected chi connectivity index (χ3v) is 3.97. The second-order valence-corrected chi connectivity index (χ2v) is 5.83. The van der Waals surface area contributed by atoms with E-state index in [1.807, 2.05) is 6.92 Å². The first-order valence-corrected chi connectivity index (χ1v) is 7.83. The average molecular weight is 355 g/mol. The molecule has 0 aliphatic rings. The van der Waals surface area contributed by atoms with E-state index >= 15 is 0 Å². The van der Waals surface area contributed by atoms with Crippen molar-refractivity contribution in [3.63, 3.8) is 0 Å². The van der Waals surface area contributed by atoms with E-state index in [0.717, 1.165) is 11.1 Å². The number of pyridine rings is 1. The van der Waals surface area contributed by atoms with E-state index in [4.69, 9.17) is 11.6 Å². The van der Waals surface area contributed by atoms with E-state index in [0.29, 0.717) is 17.2 Å². The van der Waals surface area contributed by atoms with Crippen molar-refractivity contribution < 1.29 is 4.39 Å². The number of benzene rings is 1. The Kier molecular flexibility index (Phi) is 3.77. The molecule has 0 unspecified atom stereocenters. The van der Waals surface area contributed by atoms with Gasteiger partial charge in [0.1, 0.15) is 29.5 Å². The molecule has 0 saturated carbocycles. The number of hydrogen-bond acceptors (Lipinski definition) is 5. The lowest BCUT2D eigenvalue weighted by molar-refractivity contribution is 0.613. The molecule has 0 aliphatic heterocycles. The minimum absolute atomic E-state index is 0.203. The number of fused-ring (bicyclic) bond motifs is 1. The van der Waals surface area contributed by atoms with Gasteiger partial charge in [0.2, 0.25) is 0 Å². The Morgan fingerprint density at radius 1 is 1.08 bits per heavy atom. The highest BCUT2D eigenvalue weighted by molar-refractivity contribution is 6.32. The molecular formula is C17H12ClFN6. The maximum atomic E-state index is 14.2. The van der Waals surface area contributed by atoms with Crippen LogP contribution in [-0.4, -0.2) is 24.7 Å². The van der Waals surface area contributed by atoms with E-state index in [1.54, 1.807) is 36.7 Å². The lowest BCUT2D eigenvalue weighted by Gasteiger charge is -2.09. The van der Waals surface area contributed by atoms with Gasteiger partial charge in [-0.25, -0.2) is 24.0 Å². The Hall–Kier alpha value is -3.06. The molecule has 0 atom stereocenters. The maximum absolute atomic E-state index is 14.2. The predicted molar refractivity (Wildman–Crippen MR) is 93.9 cm³/mol. The lowest BCUT2D eigenvalue weighted by Crippen LogP contribution is -2.02. The quantitative estimate of drug-likeness (QED) is 0.601. The van der Waals surface area contributed by atoms with Gasteiger partial charge in [0, 0.05) is 29.4 Å². The SMILES string of the molecule is Cc1cc(Nc2cc3c(cn2)cnn3-c2c(F)cccc2Cl)ncn1. The third kappa shape index (κ3) is 2.89. The molecule has 0 bridgehead atoms. The zero-order valence-corrected chi connectivity index (χ0v) is 13.9. The summed E-state index contributed by atoms with van der Waals surface area (Å²) in [5.74, 6) is 0.726. The summed E-state index contributed by atoms with van der Waals surface area (Å²) in [5, 5.41) is 8.40. The zero-order chi connectivity index (χ0) is 17.4. The fourth-order valence-electron chi connectivity index (χ4n) is 2.51. The van der Waals surface area contributed by atoms with Gasteiger partial charge in [-0.3, -0.25) is 0 Å². The van der Waals surface area contributed by atoms with Crippen LogP contribution in [0.4, 0.5) is 16.0 Å². The van der Waals surface area contributed by atoms with Crippen LogP contribution >= 0.6 is 11.6 Å². The molecule has 25 heavy (non-hydrogen) atoms. The largest absolute Gasteiger partial charge is 0.325 e. The van der Waals surface area contributed by atoms with Crippen molar-refractivity contribution in [1.29, 1.82) is 0 Å². The van der Waals surface area contributed by atoms with Crippen molar-refractivity contribution in [1.82, 2.24) is 24.7 Å². The van der Waals surface area contributed by atoms with Gasteiger partial charge in [0.05, 0.1) is 16.7 Å². The zero-order valence-electron chi connectivity index (χ0n) is 13.1. The number of rotatable bonds is 3. The molecule has 0 aliphatic carbocycles. The van der Waals surface area contributed by atoms with Crippen molar-refractivity contribution in [3.8, 4) is 5.69 Å². The summed E-state index contributed by atoms with van der Waals surface area (Å²) < 4.78 is 15.7. The van der Waals surface area contributed by atoms with E-state index in [-0.39, 0.29) is 10.7 Å². The molecule has 124 valence electrons. The number of para-hydroxylation sites is 1. The van der Waals surface area contributed by atoms with Gasteiger partial charge in [0.15, 0.2) is 0 Å². The Morgan fingerprint density at radius 3 is 2.72 bits per heavy atom. The Labute approximate surface area is 147 Å². The highest BCUT2D eigenvalue weighted by Gasteiger charge is 2.14. The number of aryl methyl sites for hydroxylation is 1. The Balaban J connectivity index is 1.80. The molecule has 0 spiro atoms. The van der Waals surface area contributed by atoms with Crippen LogP contribution in [0.1, 0.15) is 5.69 Å². The summed E-state index contributed by atoms with van der Waals surface area (Å²) in [7, 11) is 0. The van der Waals surface area contributed by atoms with Gasteiger partial charge in [-0.2, -0.15) is 5.10 Å². The van der Waals surface area contributed by atoms with E-state index in [9.17, 15) is 4.39 Å². The van der Waals surface area contributed by atoms with Gasteiger partial charge in [-0.15, -0.1) is 0 Å². The molecule has 4 aromatic rings. The van der Waals surface area contributed by atoms with Crippen molar-refractivity contribution in [2.75, 3.05) is 5.32 Å². The number of halogens is 2. The average Bonchev–Trinajstić information content (AvgIpc) is 2.98. The molecule has 1 aromatic carbocycles. The summed E-state index contributed by atoms with van der Waals surface area (Å²) >= 11 is 6.16. The second kappa shape index (κ2) is 6.10. The number of nitrogens with one attached hydrogen (secondary N) is 1. The van der Waals surface area contributed by atoms with Crippen LogP contribution in [0.5, 0.6) is 0 Å². The van der Waals surface area contributed by atoms with Crippen LogP contribution in [0, 0.1) is 12.7 Å². The highest BCUT2D eigenvalue weighted by Crippen LogP contribution is 2.27. The first kappa shape index (κ1) is 15.5. The van der Waals surface area contributed by atoms with Crippen molar-refractivity contribution >= 4 is 34.1 Å². The molecule has 0 fully saturated rings. The molecule has 0 saturated heterocycles. The summed E-state index contributed by atoms with van der Waals surface area (Å²) in [5.41, 5.74) is 1.71. The van der Waals surface area contributed by atoms with Gasteiger partial charge in [-0.1, -0.05) is 17.7 Å². The first-order valence-electron chi connectivity index (χ1n) is 7.45. The number of hydrogen-bond donors (Lipinski definition) is 1. The number of nitrogens with zero attached hydrogens (tertiary/aromatic N) is 5. The van der Waals surface area contributed by atoms with E-state index < -0.39 is 5.82 Å². The summed E-state index contributed by atoms with van der Waals surface area (Å²) in [4.78, 5) is 12.5. The van der Waals surface area contributed by atoms with Crippen molar-refractivity contribution in [3.05, 3.63) is 65.6 Å². The smallest absolute Gasteiger partial charge is 0.150 e. The van der Waals surface area contributed by atoms with Crippen molar-refractivity contribution in [2.45, 2.75) is 6.92 Å². The molecule has 3 heterocycles. The third-order valence-electron chi connectivity index (χ3n) is 3.66. The van der Waals surface area contributed by atoms with Crippen LogP contribution in [0.25, 0.3) is 16.6 Å². The van der Waals surface area contributed by atoms with Crippen molar-refractivity contribution in [2.24, 2.45) is 0 Å².